The van der Waals surface area contributed by atoms with E-state index in [-0.39, 0.29) is 5.41 Å². The fraction of sp³-hybridized carbons (Fsp3) is 0.0333. The van der Waals surface area contributed by atoms with Crippen LogP contribution < -0.4 is 4.90 Å². The summed E-state index contributed by atoms with van der Waals surface area (Å²) in [4.78, 5) is 2.47. The summed E-state index contributed by atoms with van der Waals surface area (Å²) in [7, 11) is 0. The number of fused-ring (bicyclic) bond motifs is 4. The summed E-state index contributed by atoms with van der Waals surface area (Å²) < 4.78 is 0. The van der Waals surface area contributed by atoms with Crippen molar-refractivity contribution in [3.05, 3.63) is 259 Å². The van der Waals surface area contributed by atoms with Gasteiger partial charge in [0.25, 0.3) is 0 Å². The van der Waals surface area contributed by atoms with Crippen molar-refractivity contribution in [1.29, 1.82) is 0 Å². The van der Waals surface area contributed by atoms with Gasteiger partial charge in [0.1, 0.15) is 0 Å². The molecule has 1 unspecified atom stereocenters. The van der Waals surface area contributed by atoms with Crippen LogP contribution in [0, 0.1) is 0 Å². The molecule has 0 N–H and O–H groups in total. The maximum atomic E-state index is 2.47. The highest BCUT2D eigenvalue weighted by Gasteiger charge is 2.42. The van der Waals surface area contributed by atoms with E-state index in [1.54, 1.807) is 0 Å². The summed E-state index contributed by atoms with van der Waals surface area (Å²) >= 11 is 0. The Kier molecular flexibility index (Phi) is 9.02. The molecule has 0 aliphatic heterocycles. The summed E-state index contributed by atoms with van der Waals surface area (Å²) in [5.41, 5.74) is 19.1. The van der Waals surface area contributed by atoms with E-state index < -0.39 is 0 Å². The minimum atomic E-state index is -0.315. The van der Waals surface area contributed by atoms with Gasteiger partial charge in [-0.1, -0.05) is 212 Å². The molecule has 1 atom stereocenters. The van der Waals surface area contributed by atoms with Crippen LogP contribution in [0.15, 0.2) is 243 Å². The molecule has 0 radical (unpaired) electrons. The molecule has 11 rings (SSSR count). The molecule has 1 aliphatic carbocycles. The molecule has 61 heavy (non-hydrogen) atoms. The number of anilines is 3. The van der Waals surface area contributed by atoms with Crippen LogP contribution in [0.25, 0.3) is 66.4 Å². The van der Waals surface area contributed by atoms with Crippen LogP contribution in [-0.2, 0) is 5.41 Å². The predicted molar refractivity (Wildman–Crippen MR) is 258 cm³/mol. The molecule has 1 heteroatoms. The molecule has 0 amide bonds. The van der Waals surface area contributed by atoms with E-state index in [1.165, 1.54) is 83.1 Å². The van der Waals surface area contributed by atoms with E-state index >= 15 is 0 Å². The first kappa shape index (κ1) is 36.3. The number of hydrogen-bond acceptors (Lipinski definition) is 1. The van der Waals surface area contributed by atoms with E-state index in [2.05, 4.69) is 254 Å². The lowest BCUT2D eigenvalue weighted by atomic mass is 9.74. The van der Waals surface area contributed by atoms with Gasteiger partial charge in [0.05, 0.1) is 5.69 Å². The Bertz CT molecular complexity index is 3180. The first-order valence-electron chi connectivity index (χ1n) is 21.2. The molecule has 1 aliphatic rings. The van der Waals surface area contributed by atoms with E-state index in [1.807, 2.05) is 0 Å². The third-order valence-electron chi connectivity index (χ3n) is 12.8. The first-order valence-corrected chi connectivity index (χ1v) is 21.2. The first-order chi connectivity index (χ1) is 30.1. The van der Waals surface area contributed by atoms with Crippen LogP contribution in [0.4, 0.5) is 17.1 Å². The van der Waals surface area contributed by atoms with E-state index in [4.69, 9.17) is 0 Å². The van der Waals surface area contributed by atoms with Crippen LogP contribution in [0.3, 0.4) is 0 Å². The Morgan fingerprint density at radius 1 is 0.328 bits per heavy atom. The molecular weight excluding hydrogens is 735 g/mol. The fourth-order valence-electron chi connectivity index (χ4n) is 9.67. The van der Waals surface area contributed by atoms with Crippen molar-refractivity contribution in [3.8, 4) is 55.6 Å². The Morgan fingerprint density at radius 2 is 0.787 bits per heavy atom. The molecule has 10 aromatic carbocycles. The Morgan fingerprint density at radius 3 is 1.48 bits per heavy atom. The molecule has 10 aromatic rings. The molecule has 0 saturated heterocycles. The van der Waals surface area contributed by atoms with Gasteiger partial charge in [-0.25, -0.2) is 0 Å². The van der Waals surface area contributed by atoms with Gasteiger partial charge in [-0.3, -0.25) is 0 Å². The van der Waals surface area contributed by atoms with Gasteiger partial charge in [0.15, 0.2) is 0 Å². The molecule has 0 spiro atoms. The van der Waals surface area contributed by atoms with E-state index in [9.17, 15) is 0 Å². The highest BCUT2D eigenvalue weighted by molar-refractivity contribution is 5.98. The zero-order valence-electron chi connectivity index (χ0n) is 34.0. The third kappa shape index (κ3) is 6.34. The SMILES string of the molecule is CC1(c2ccccc2)c2ccccc2-c2c(N(c3cccc(-c4ccc(-c5ccccc5)cc4)c3)c3cccc(-c4ccc(-c5cccc6ccccc56)cc4)c3)cccc21. The average molecular weight is 778 g/mol. The lowest BCUT2D eigenvalue weighted by Gasteiger charge is -2.31. The van der Waals surface area contributed by atoms with Gasteiger partial charge in [-0.2, -0.15) is 0 Å². The van der Waals surface area contributed by atoms with Gasteiger partial charge in [0, 0.05) is 22.4 Å². The lowest BCUT2D eigenvalue weighted by Crippen LogP contribution is -2.22. The number of hydrogen-bond donors (Lipinski definition) is 0. The Balaban J connectivity index is 1.06. The molecule has 0 fully saturated rings. The largest absolute Gasteiger partial charge is 0.310 e. The predicted octanol–water partition coefficient (Wildman–Crippen LogP) is 16.3. The topological polar surface area (TPSA) is 3.24 Å². The Hall–Kier alpha value is -7.74. The van der Waals surface area contributed by atoms with Crippen LogP contribution >= 0.6 is 0 Å². The normalized spacial score (nSPS) is 14.0. The monoisotopic (exact) mass is 777 g/mol. The number of rotatable bonds is 8. The van der Waals surface area contributed by atoms with Crippen molar-refractivity contribution in [2.45, 2.75) is 12.3 Å². The average Bonchev–Trinajstić information content (AvgIpc) is 3.61. The maximum Gasteiger partial charge on any atom is 0.0543 e. The van der Waals surface area contributed by atoms with Gasteiger partial charge in [-0.05, 0) is 115 Å². The third-order valence-corrected chi connectivity index (χ3v) is 12.8. The second-order valence-electron chi connectivity index (χ2n) is 16.2. The molecule has 1 nitrogen and oxygen atoms in total. The van der Waals surface area contributed by atoms with Crippen molar-refractivity contribution < 1.29 is 0 Å². The molecule has 0 heterocycles. The van der Waals surface area contributed by atoms with Crippen LogP contribution in [0.2, 0.25) is 0 Å². The minimum absolute atomic E-state index is 0.315. The van der Waals surface area contributed by atoms with Crippen LogP contribution in [0.1, 0.15) is 23.6 Å². The molecule has 288 valence electrons. The van der Waals surface area contributed by atoms with Crippen LogP contribution in [0.5, 0.6) is 0 Å². The molecular formula is C60H43N. The fourth-order valence-corrected chi connectivity index (χ4v) is 9.67. The molecule has 0 aromatic heterocycles. The van der Waals surface area contributed by atoms with Crippen molar-refractivity contribution >= 4 is 27.8 Å². The highest BCUT2D eigenvalue weighted by atomic mass is 15.1. The molecule has 0 saturated carbocycles. The second kappa shape index (κ2) is 15.1. The summed E-state index contributed by atoms with van der Waals surface area (Å²) in [5.74, 6) is 0. The maximum absolute atomic E-state index is 2.47. The van der Waals surface area contributed by atoms with Crippen molar-refractivity contribution in [3.63, 3.8) is 0 Å². The van der Waals surface area contributed by atoms with Gasteiger partial charge in [-0.15, -0.1) is 0 Å². The summed E-state index contributed by atoms with van der Waals surface area (Å²) in [6.45, 7) is 2.39. The van der Waals surface area contributed by atoms with E-state index in [0.717, 1.165) is 17.1 Å². The van der Waals surface area contributed by atoms with E-state index in [0.29, 0.717) is 0 Å². The van der Waals surface area contributed by atoms with Crippen molar-refractivity contribution in [2.75, 3.05) is 4.90 Å². The zero-order valence-corrected chi connectivity index (χ0v) is 34.0. The quantitative estimate of drug-likeness (QED) is 0.149. The number of benzene rings is 10. The minimum Gasteiger partial charge on any atom is -0.310 e. The Labute approximate surface area is 358 Å². The summed E-state index contributed by atoms with van der Waals surface area (Å²) in [5, 5.41) is 2.52. The summed E-state index contributed by atoms with van der Waals surface area (Å²) in [6.07, 6.45) is 0. The van der Waals surface area contributed by atoms with Gasteiger partial charge < -0.3 is 4.90 Å². The number of nitrogens with zero attached hydrogens (tertiary/aromatic N) is 1. The highest BCUT2D eigenvalue weighted by Crippen LogP contribution is 2.57. The smallest absolute Gasteiger partial charge is 0.0543 e. The summed E-state index contributed by atoms with van der Waals surface area (Å²) in [6, 6.07) is 88.7. The van der Waals surface area contributed by atoms with Crippen LogP contribution in [-0.4, -0.2) is 0 Å². The van der Waals surface area contributed by atoms with Gasteiger partial charge >= 0.3 is 0 Å². The zero-order chi connectivity index (χ0) is 40.8. The second-order valence-corrected chi connectivity index (χ2v) is 16.2. The molecule has 0 bridgehead atoms. The van der Waals surface area contributed by atoms with Gasteiger partial charge in [0.2, 0.25) is 0 Å². The lowest BCUT2D eigenvalue weighted by molar-refractivity contribution is 0.714. The van der Waals surface area contributed by atoms with Crippen molar-refractivity contribution in [1.82, 2.24) is 0 Å². The van der Waals surface area contributed by atoms with Crippen molar-refractivity contribution in [2.24, 2.45) is 0 Å². The standard InChI is InChI=1S/C60H43N/c1-60(50-22-6-3-7-23-50)56-29-11-10-27-55(56)59-57(60)30-15-31-58(59)61(51-24-12-20-48(40-51)44-34-32-43(33-35-44)42-16-4-2-5-17-42)52-25-13-21-49(41-52)45-36-38-47(39-37-45)54-28-14-19-46-18-8-9-26-53(46)54/h2-41H,1H3.